The van der Waals surface area contributed by atoms with Gasteiger partial charge in [0.05, 0.1) is 0 Å². The maximum absolute atomic E-state index is 5.01. The van der Waals surface area contributed by atoms with Crippen LogP contribution >= 0.6 is 0 Å². The van der Waals surface area contributed by atoms with E-state index >= 15 is 0 Å². The Balaban J connectivity index is 3.28. The first kappa shape index (κ1) is 12.9. The van der Waals surface area contributed by atoms with Crippen molar-refractivity contribution in [2.45, 2.75) is 45.6 Å². The Morgan fingerprint density at radius 3 is 2.31 bits per heavy atom. The summed E-state index contributed by atoms with van der Waals surface area (Å²) < 4.78 is 5.01. The smallest absolute Gasteiger partial charge is 0.0462 e. The highest BCUT2D eigenvalue weighted by molar-refractivity contribution is 4.67. The van der Waals surface area contributed by atoms with Crippen molar-refractivity contribution >= 4 is 0 Å². The Hall–Kier alpha value is -0.0800. The van der Waals surface area contributed by atoms with Gasteiger partial charge in [-0.2, -0.15) is 0 Å². The lowest BCUT2D eigenvalue weighted by atomic mass is 9.98. The maximum Gasteiger partial charge on any atom is 0.0462 e. The molecule has 80 valence electrons. The molecule has 0 aliphatic rings. The van der Waals surface area contributed by atoms with Crippen LogP contribution in [0.25, 0.3) is 0 Å². The molecular formula is C11H25NO. The van der Waals surface area contributed by atoms with Crippen LogP contribution < -0.4 is 5.32 Å². The topological polar surface area (TPSA) is 21.3 Å². The summed E-state index contributed by atoms with van der Waals surface area (Å²) in [5.74, 6) is 0.743. The number of hydrogen-bond donors (Lipinski definition) is 1. The summed E-state index contributed by atoms with van der Waals surface area (Å²) in [6.07, 6.45) is 5.09. The molecule has 0 aromatic rings. The fourth-order valence-electron chi connectivity index (χ4n) is 1.60. The van der Waals surface area contributed by atoms with Gasteiger partial charge in [0.1, 0.15) is 0 Å². The Bertz CT molecular complexity index is 104. The molecule has 1 atom stereocenters. The second-order valence-electron chi connectivity index (χ2n) is 3.98. The van der Waals surface area contributed by atoms with Crippen molar-refractivity contribution in [1.82, 2.24) is 5.32 Å². The van der Waals surface area contributed by atoms with Gasteiger partial charge >= 0.3 is 0 Å². The Morgan fingerprint density at radius 2 is 1.85 bits per heavy atom. The number of nitrogens with one attached hydrogen (secondary N) is 1. The molecule has 0 amide bonds. The SMILES string of the molecule is CNC(CCCCCOC)C(C)C. The van der Waals surface area contributed by atoms with Crippen molar-refractivity contribution in [2.24, 2.45) is 5.92 Å². The summed E-state index contributed by atoms with van der Waals surface area (Å²) in [7, 11) is 3.82. The van der Waals surface area contributed by atoms with E-state index in [-0.39, 0.29) is 0 Å². The third-order valence-corrected chi connectivity index (χ3v) is 2.54. The van der Waals surface area contributed by atoms with E-state index in [4.69, 9.17) is 4.74 Å². The summed E-state index contributed by atoms with van der Waals surface area (Å²) in [5, 5.41) is 3.36. The van der Waals surface area contributed by atoms with Gasteiger partial charge in [-0.05, 0) is 25.8 Å². The highest BCUT2D eigenvalue weighted by Gasteiger charge is 2.09. The Labute approximate surface area is 83.1 Å². The summed E-state index contributed by atoms with van der Waals surface area (Å²) in [4.78, 5) is 0. The molecule has 0 aromatic carbocycles. The zero-order chi connectivity index (χ0) is 10.1. The lowest BCUT2D eigenvalue weighted by Crippen LogP contribution is -2.30. The predicted octanol–water partition coefficient (Wildman–Crippen LogP) is 2.44. The van der Waals surface area contributed by atoms with Crippen molar-refractivity contribution < 1.29 is 4.74 Å². The molecule has 0 spiro atoms. The van der Waals surface area contributed by atoms with Gasteiger partial charge in [0.2, 0.25) is 0 Å². The van der Waals surface area contributed by atoms with E-state index in [1.807, 2.05) is 0 Å². The van der Waals surface area contributed by atoms with E-state index in [1.54, 1.807) is 7.11 Å². The first-order valence-corrected chi connectivity index (χ1v) is 5.38. The summed E-state index contributed by atoms with van der Waals surface area (Å²) in [5.41, 5.74) is 0. The molecule has 0 rings (SSSR count). The number of methoxy groups -OCH3 is 1. The molecule has 0 heterocycles. The second-order valence-corrected chi connectivity index (χ2v) is 3.98. The van der Waals surface area contributed by atoms with Gasteiger partial charge in [-0.3, -0.25) is 0 Å². The molecule has 0 aliphatic heterocycles. The number of rotatable bonds is 8. The number of unbranched alkanes of at least 4 members (excludes halogenated alkanes) is 2. The van der Waals surface area contributed by atoms with Gasteiger partial charge in [-0.1, -0.05) is 26.7 Å². The fourth-order valence-corrected chi connectivity index (χ4v) is 1.60. The molecule has 0 bridgehead atoms. The normalized spacial score (nSPS) is 13.6. The van der Waals surface area contributed by atoms with Gasteiger partial charge in [-0.15, -0.1) is 0 Å². The summed E-state index contributed by atoms with van der Waals surface area (Å²) in [6.45, 7) is 5.46. The average molecular weight is 187 g/mol. The van der Waals surface area contributed by atoms with Crippen LogP contribution in [0, 0.1) is 5.92 Å². The minimum Gasteiger partial charge on any atom is -0.385 e. The maximum atomic E-state index is 5.01. The van der Waals surface area contributed by atoms with Crippen molar-refractivity contribution in [3.8, 4) is 0 Å². The van der Waals surface area contributed by atoms with E-state index in [1.165, 1.54) is 25.7 Å². The molecule has 2 nitrogen and oxygen atoms in total. The standard InChI is InChI=1S/C11H25NO/c1-10(2)11(12-3)8-6-5-7-9-13-4/h10-12H,5-9H2,1-4H3. The minimum atomic E-state index is 0.683. The van der Waals surface area contributed by atoms with Gasteiger partial charge in [0, 0.05) is 19.8 Å². The van der Waals surface area contributed by atoms with Crippen molar-refractivity contribution in [3.05, 3.63) is 0 Å². The van der Waals surface area contributed by atoms with Crippen LogP contribution in [-0.4, -0.2) is 26.8 Å². The highest BCUT2D eigenvalue weighted by Crippen LogP contribution is 2.10. The van der Waals surface area contributed by atoms with Crippen LogP contribution in [0.3, 0.4) is 0 Å². The van der Waals surface area contributed by atoms with E-state index < -0.39 is 0 Å². The summed E-state index contributed by atoms with van der Waals surface area (Å²) in [6, 6.07) is 0.683. The predicted molar refractivity (Wildman–Crippen MR) is 58.0 cm³/mol. The highest BCUT2D eigenvalue weighted by atomic mass is 16.5. The zero-order valence-electron chi connectivity index (χ0n) is 9.60. The van der Waals surface area contributed by atoms with Crippen LogP contribution in [-0.2, 0) is 4.74 Å². The van der Waals surface area contributed by atoms with Gasteiger partial charge in [-0.25, -0.2) is 0 Å². The molecule has 1 N–H and O–H groups in total. The van der Waals surface area contributed by atoms with Gasteiger partial charge in [0.15, 0.2) is 0 Å². The number of ether oxygens (including phenoxy) is 1. The fraction of sp³-hybridized carbons (Fsp3) is 1.00. The van der Waals surface area contributed by atoms with E-state index in [0.717, 1.165) is 12.5 Å². The Kier molecular flexibility index (Phi) is 8.46. The lowest BCUT2D eigenvalue weighted by Gasteiger charge is -2.19. The zero-order valence-corrected chi connectivity index (χ0v) is 9.60. The molecule has 13 heavy (non-hydrogen) atoms. The van der Waals surface area contributed by atoms with Crippen molar-refractivity contribution in [3.63, 3.8) is 0 Å². The third kappa shape index (κ3) is 7.03. The molecule has 0 radical (unpaired) electrons. The molecule has 0 aliphatic carbocycles. The average Bonchev–Trinajstić information content (AvgIpc) is 2.10. The van der Waals surface area contributed by atoms with Gasteiger partial charge in [0.25, 0.3) is 0 Å². The van der Waals surface area contributed by atoms with Crippen LogP contribution in [0.2, 0.25) is 0 Å². The molecular weight excluding hydrogens is 162 g/mol. The van der Waals surface area contributed by atoms with Crippen LogP contribution in [0.1, 0.15) is 39.5 Å². The minimum absolute atomic E-state index is 0.683. The third-order valence-electron chi connectivity index (χ3n) is 2.54. The van der Waals surface area contributed by atoms with E-state index in [2.05, 4.69) is 26.2 Å². The molecule has 1 unspecified atom stereocenters. The lowest BCUT2D eigenvalue weighted by molar-refractivity contribution is 0.191. The van der Waals surface area contributed by atoms with Gasteiger partial charge < -0.3 is 10.1 Å². The Morgan fingerprint density at radius 1 is 1.15 bits per heavy atom. The van der Waals surface area contributed by atoms with Crippen LogP contribution in [0.15, 0.2) is 0 Å². The molecule has 0 aromatic heterocycles. The largest absolute Gasteiger partial charge is 0.385 e. The molecule has 0 fully saturated rings. The first-order valence-electron chi connectivity index (χ1n) is 5.38. The van der Waals surface area contributed by atoms with Crippen LogP contribution in [0.5, 0.6) is 0 Å². The number of hydrogen-bond acceptors (Lipinski definition) is 2. The second kappa shape index (κ2) is 8.52. The van der Waals surface area contributed by atoms with Crippen molar-refractivity contribution in [2.75, 3.05) is 20.8 Å². The molecule has 2 heteroatoms. The monoisotopic (exact) mass is 187 g/mol. The first-order chi connectivity index (χ1) is 6.22. The van der Waals surface area contributed by atoms with E-state index in [0.29, 0.717) is 6.04 Å². The van der Waals surface area contributed by atoms with E-state index in [9.17, 15) is 0 Å². The molecule has 0 saturated carbocycles. The van der Waals surface area contributed by atoms with Crippen molar-refractivity contribution in [1.29, 1.82) is 0 Å². The molecule has 0 saturated heterocycles. The van der Waals surface area contributed by atoms with Crippen LogP contribution in [0.4, 0.5) is 0 Å². The summed E-state index contributed by atoms with van der Waals surface area (Å²) >= 11 is 0. The quantitative estimate of drug-likeness (QED) is 0.589.